The maximum absolute atomic E-state index is 9.50. The molecule has 1 aromatic heterocycles. The molecule has 22 heavy (non-hydrogen) atoms. The Balaban J connectivity index is 2.08. The average molecular weight is 334 g/mol. The minimum atomic E-state index is 0.0705. The summed E-state index contributed by atoms with van der Waals surface area (Å²) in [7, 11) is 1.73. The van der Waals surface area contributed by atoms with Gasteiger partial charge in [-0.25, -0.2) is 0 Å². The second-order valence-electron chi connectivity index (χ2n) is 5.58. The molecule has 1 fully saturated rings. The molecule has 0 saturated carbocycles. The Hall–Kier alpha value is -1.11. The van der Waals surface area contributed by atoms with E-state index in [2.05, 4.69) is 27.9 Å². The maximum Gasteiger partial charge on any atom is 0.122 e. The molecule has 4 rings (SSSR count). The van der Waals surface area contributed by atoms with E-state index in [1.807, 2.05) is 29.6 Å². The molecule has 0 amide bonds. The van der Waals surface area contributed by atoms with Crippen LogP contribution in [0.15, 0.2) is 29.4 Å². The lowest BCUT2D eigenvalue weighted by Gasteiger charge is -2.34. The Kier molecular flexibility index (Phi) is 3.63. The molecule has 0 radical (unpaired) electrons. The summed E-state index contributed by atoms with van der Waals surface area (Å²) >= 11 is 4.05. The number of para-hydroxylation sites is 1. The van der Waals surface area contributed by atoms with Crippen LogP contribution in [0.2, 0.25) is 0 Å². The first-order chi connectivity index (χ1) is 10.8. The number of methoxy groups -OCH3 is 1. The molecule has 2 heterocycles. The van der Waals surface area contributed by atoms with E-state index in [0.717, 1.165) is 35.0 Å². The highest BCUT2D eigenvalue weighted by Gasteiger charge is 2.46. The van der Waals surface area contributed by atoms with Gasteiger partial charge in [0.1, 0.15) is 10.8 Å². The van der Waals surface area contributed by atoms with Gasteiger partial charge in [-0.3, -0.25) is 0 Å². The van der Waals surface area contributed by atoms with Gasteiger partial charge in [-0.05, 0) is 18.9 Å². The molecule has 2 aromatic rings. The monoisotopic (exact) mass is 334 g/mol. The van der Waals surface area contributed by atoms with Gasteiger partial charge in [0.2, 0.25) is 0 Å². The Bertz CT molecular complexity index is 748. The summed E-state index contributed by atoms with van der Waals surface area (Å²) in [4.78, 5) is 0. The van der Waals surface area contributed by atoms with Gasteiger partial charge in [-0.2, -0.15) is 0 Å². The highest BCUT2D eigenvalue weighted by molar-refractivity contribution is 8.20. The van der Waals surface area contributed by atoms with E-state index in [-0.39, 0.29) is 4.08 Å². The summed E-state index contributed by atoms with van der Waals surface area (Å²) in [6.07, 6.45) is 1.83. The van der Waals surface area contributed by atoms with E-state index in [4.69, 9.17) is 4.74 Å². The van der Waals surface area contributed by atoms with E-state index in [1.54, 1.807) is 7.11 Å². The molecule has 1 N–H and O–H groups in total. The normalized spacial score (nSPS) is 21.8. The van der Waals surface area contributed by atoms with Crippen molar-refractivity contribution in [3.8, 4) is 0 Å². The number of benzene rings is 1. The topological polar surface area (TPSA) is 46.8 Å². The van der Waals surface area contributed by atoms with Crippen LogP contribution in [0, 0.1) is 0 Å². The third-order valence-corrected chi connectivity index (χ3v) is 7.95. The van der Waals surface area contributed by atoms with Crippen LogP contribution in [0.3, 0.4) is 0 Å². The van der Waals surface area contributed by atoms with Gasteiger partial charge >= 0.3 is 0 Å². The van der Waals surface area contributed by atoms with Crippen LogP contribution in [0.4, 0.5) is 0 Å². The fraction of sp³-hybridized carbons (Fsp3) is 0.438. The van der Waals surface area contributed by atoms with Crippen LogP contribution in [0.25, 0.3) is 10.9 Å². The molecule has 1 aromatic carbocycles. The summed E-state index contributed by atoms with van der Waals surface area (Å²) in [5.74, 6) is 2.34. The molecular weight excluding hydrogens is 316 g/mol. The number of thioether (sulfide) groups is 2. The lowest BCUT2D eigenvalue weighted by atomic mass is 9.92. The fourth-order valence-corrected chi connectivity index (χ4v) is 6.97. The van der Waals surface area contributed by atoms with Crippen molar-refractivity contribution in [3.63, 3.8) is 0 Å². The van der Waals surface area contributed by atoms with Gasteiger partial charge < -0.3 is 14.5 Å². The third-order valence-electron chi connectivity index (χ3n) is 4.44. The van der Waals surface area contributed by atoms with Crippen molar-refractivity contribution in [1.82, 2.24) is 4.57 Å². The number of oxime groups is 1. The number of ether oxygens (including phenoxy) is 1. The van der Waals surface area contributed by atoms with Crippen molar-refractivity contribution >= 4 is 40.1 Å². The number of hydrogen-bond acceptors (Lipinski definition) is 5. The molecular formula is C16H18N2O2S2. The fourth-order valence-electron chi connectivity index (χ4n) is 3.62. The standard InChI is InChI=1S/C16H18N2O2S2/c1-20-10-18-13-5-3-2-4-11(13)14-12(17-19)6-7-16(15(14)18)21-8-9-22-16/h2-5,19H,6-10H2,1H3. The highest BCUT2D eigenvalue weighted by Crippen LogP contribution is 2.59. The van der Waals surface area contributed by atoms with E-state index in [1.165, 1.54) is 17.2 Å². The first-order valence-electron chi connectivity index (χ1n) is 7.40. The van der Waals surface area contributed by atoms with Crippen molar-refractivity contribution in [3.05, 3.63) is 35.5 Å². The van der Waals surface area contributed by atoms with E-state index < -0.39 is 0 Å². The van der Waals surface area contributed by atoms with E-state index in [0.29, 0.717) is 6.73 Å². The minimum absolute atomic E-state index is 0.0705. The zero-order valence-electron chi connectivity index (χ0n) is 12.4. The van der Waals surface area contributed by atoms with Crippen LogP contribution in [-0.4, -0.2) is 34.1 Å². The largest absolute Gasteiger partial charge is 0.411 e. The van der Waals surface area contributed by atoms with Gasteiger partial charge in [-0.15, -0.1) is 23.5 Å². The lowest BCUT2D eigenvalue weighted by Crippen LogP contribution is -2.28. The summed E-state index contributed by atoms with van der Waals surface area (Å²) in [5, 5.41) is 14.3. The highest BCUT2D eigenvalue weighted by atomic mass is 32.2. The number of hydrogen-bond donors (Lipinski definition) is 1. The third kappa shape index (κ3) is 1.94. The first kappa shape index (κ1) is 14.5. The second kappa shape index (κ2) is 5.51. The van der Waals surface area contributed by atoms with Crippen LogP contribution in [0.1, 0.15) is 24.1 Å². The second-order valence-corrected chi connectivity index (χ2v) is 8.63. The van der Waals surface area contributed by atoms with Gasteiger partial charge in [-0.1, -0.05) is 23.4 Å². The van der Waals surface area contributed by atoms with Gasteiger partial charge in [0.25, 0.3) is 0 Å². The van der Waals surface area contributed by atoms with E-state index >= 15 is 0 Å². The van der Waals surface area contributed by atoms with Crippen LogP contribution in [0.5, 0.6) is 0 Å². The number of rotatable bonds is 2. The molecule has 6 heteroatoms. The van der Waals surface area contributed by atoms with Gasteiger partial charge in [0.15, 0.2) is 0 Å². The quantitative estimate of drug-likeness (QED) is 0.669. The van der Waals surface area contributed by atoms with Crippen molar-refractivity contribution in [2.24, 2.45) is 5.16 Å². The number of aromatic nitrogens is 1. The SMILES string of the molecule is COCn1c2c(c3ccccc31)C(=NO)CCC21SCCS1. The van der Waals surface area contributed by atoms with Gasteiger partial charge in [0.05, 0.1) is 16.9 Å². The Morgan fingerprint density at radius 3 is 2.82 bits per heavy atom. The molecule has 0 atom stereocenters. The lowest BCUT2D eigenvalue weighted by molar-refractivity contribution is 0.132. The van der Waals surface area contributed by atoms with Crippen LogP contribution >= 0.6 is 23.5 Å². The number of fused-ring (bicyclic) bond motifs is 4. The van der Waals surface area contributed by atoms with E-state index in [9.17, 15) is 5.21 Å². The van der Waals surface area contributed by atoms with Gasteiger partial charge in [0, 0.05) is 29.6 Å². The molecule has 4 nitrogen and oxygen atoms in total. The number of nitrogens with zero attached hydrogens (tertiary/aromatic N) is 2. The zero-order valence-corrected chi connectivity index (χ0v) is 14.0. The predicted octanol–water partition coefficient (Wildman–Crippen LogP) is 3.85. The molecule has 0 unspecified atom stereocenters. The summed E-state index contributed by atoms with van der Waals surface area (Å²) < 4.78 is 7.81. The maximum atomic E-state index is 9.50. The van der Waals surface area contributed by atoms with Crippen LogP contribution < -0.4 is 0 Å². The average Bonchev–Trinajstić information content (AvgIpc) is 3.14. The Morgan fingerprint density at radius 2 is 2.09 bits per heavy atom. The van der Waals surface area contributed by atoms with Crippen molar-refractivity contribution in [2.45, 2.75) is 23.7 Å². The van der Waals surface area contributed by atoms with Crippen molar-refractivity contribution < 1.29 is 9.94 Å². The molecule has 1 aliphatic carbocycles. The Labute approximate surface area is 137 Å². The molecule has 1 aliphatic heterocycles. The zero-order chi connectivity index (χ0) is 15.2. The summed E-state index contributed by atoms with van der Waals surface area (Å²) in [6.45, 7) is 0.525. The molecule has 1 saturated heterocycles. The van der Waals surface area contributed by atoms with Crippen LogP contribution in [-0.2, 0) is 15.5 Å². The molecule has 2 aliphatic rings. The van der Waals surface area contributed by atoms with Crippen molar-refractivity contribution in [1.29, 1.82) is 0 Å². The predicted molar refractivity (Wildman–Crippen MR) is 93.1 cm³/mol. The summed E-state index contributed by atoms with van der Waals surface area (Å²) in [5.41, 5.74) is 4.34. The first-order valence-corrected chi connectivity index (χ1v) is 9.38. The van der Waals surface area contributed by atoms with Crippen molar-refractivity contribution in [2.75, 3.05) is 18.6 Å². The smallest absolute Gasteiger partial charge is 0.122 e. The molecule has 1 spiro atoms. The Morgan fingerprint density at radius 1 is 1.32 bits per heavy atom. The molecule has 0 bridgehead atoms. The molecule has 116 valence electrons. The minimum Gasteiger partial charge on any atom is -0.411 e. The summed E-state index contributed by atoms with van der Waals surface area (Å²) in [6, 6.07) is 8.34.